The summed E-state index contributed by atoms with van der Waals surface area (Å²) < 4.78 is 1.73. The SMILES string of the molecule is CCc1cnccc1C(O)Cc1c(Cl)c(C)nn1C. The first-order chi connectivity index (χ1) is 9.04. The first-order valence-corrected chi connectivity index (χ1v) is 6.71. The van der Waals surface area contributed by atoms with Crippen LogP contribution in [0.25, 0.3) is 0 Å². The Hall–Kier alpha value is -1.39. The summed E-state index contributed by atoms with van der Waals surface area (Å²) in [5, 5.41) is 15.3. The van der Waals surface area contributed by atoms with Gasteiger partial charge in [-0.15, -0.1) is 0 Å². The maximum absolute atomic E-state index is 10.4. The molecule has 19 heavy (non-hydrogen) atoms. The summed E-state index contributed by atoms with van der Waals surface area (Å²) in [6.45, 7) is 3.91. The summed E-state index contributed by atoms with van der Waals surface area (Å²) in [7, 11) is 1.84. The number of aromatic nitrogens is 3. The number of hydrogen-bond donors (Lipinski definition) is 1. The molecule has 0 spiro atoms. The Bertz CT molecular complexity index is 580. The fraction of sp³-hybridized carbons (Fsp3) is 0.429. The van der Waals surface area contributed by atoms with Crippen molar-refractivity contribution >= 4 is 11.6 Å². The summed E-state index contributed by atoms with van der Waals surface area (Å²) in [5.74, 6) is 0. The van der Waals surface area contributed by atoms with Crippen molar-refractivity contribution in [3.8, 4) is 0 Å². The number of aliphatic hydroxyl groups is 1. The van der Waals surface area contributed by atoms with Crippen LogP contribution in [0.3, 0.4) is 0 Å². The van der Waals surface area contributed by atoms with Gasteiger partial charge in [-0.25, -0.2) is 0 Å². The molecule has 0 radical (unpaired) electrons. The highest BCUT2D eigenvalue weighted by Gasteiger charge is 2.18. The van der Waals surface area contributed by atoms with Crippen molar-refractivity contribution in [2.24, 2.45) is 7.05 Å². The zero-order valence-electron chi connectivity index (χ0n) is 11.4. The number of aryl methyl sites for hydroxylation is 3. The van der Waals surface area contributed by atoms with Crippen LogP contribution in [0.2, 0.25) is 5.02 Å². The van der Waals surface area contributed by atoms with Gasteiger partial charge in [-0.1, -0.05) is 18.5 Å². The molecule has 1 atom stereocenters. The van der Waals surface area contributed by atoms with Crippen LogP contribution in [0.1, 0.15) is 35.5 Å². The molecule has 0 aliphatic heterocycles. The van der Waals surface area contributed by atoms with Gasteiger partial charge in [0.25, 0.3) is 0 Å². The van der Waals surface area contributed by atoms with Gasteiger partial charge in [-0.2, -0.15) is 5.10 Å². The lowest BCUT2D eigenvalue weighted by atomic mass is 9.99. The van der Waals surface area contributed by atoms with Crippen molar-refractivity contribution < 1.29 is 5.11 Å². The molecule has 0 amide bonds. The Kier molecular flexibility index (Phi) is 4.22. The Balaban J connectivity index is 2.28. The fourth-order valence-corrected chi connectivity index (χ4v) is 2.49. The average Bonchev–Trinajstić information content (AvgIpc) is 2.65. The van der Waals surface area contributed by atoms with Gasteiger partial charge in [0, 0.05) is 25.9 Å². The predicted molar refractivity (Wildman–Crippen MR) is 75.2 cm³/mol. The van der Waals surface area contributed by atoms with Gasteiger partial charge in [-0.3, -0.25) is 9.67 Å². The molecule has 2 aromatic rings. The molecular weight excluding hydrogens is 262 g/mol. The summed E-state index contributed by atoms with van der Waals surface area (Å²) in [6, 6.07) is 1.86. The lowest BCUT2D eigenvalue weighted by Crippen LogP contribution is -2.09. The highest BCUT2D eigenvalue weighted by atomic mass is 35.5. The zero-order valence-corrected chi connectivity index (χ0v) is 12.1. The molecule has 0 aliphatic carbocycles. The van der Waals surface area contributed by atoms with Crippen LogP contribution in [0.15, 0.2) is 18.5 Å². The number of rotatable bonds is 4. The lowest BCUT2D eigenvalue weighted by Gasteiger charge is -2.14. The van der Waals surface area contributed by atoms with Crippen LogP contribution in [-0.2, 0) is 19.9 Å². The summed E-state index contributed by atoms with van der Waals surface area (Å²) >= 11 is 6.21. The molecule has 0 aliphatic rings. The van der Waals surface area contributed by atoms with Crippen molar-refractivity contribution in [2.45, 2.75) is 32.8 Å². The molecule has 0 fully saturated rings. The molecule has 0 saturated carbocycles. The van der Waals surface area contributed by atoms with Crippen molar-refractivity contribution in [2.75, 3.05) is 0 Å². The predicted octanol–water partition coefficient (Wildman–Crippen LogP) is 2.62. The molecule has 0 bridgehead atoms. The van der Waals surface area contributed by atoms with Crippen molar-refractivity contribution in [1.29, 1.82) is 0 Å². The number of pyridine rings is 1. The van der Waals surface area contributed by atoms with Crippen LogP contribution in [-0.4, -0.2) is 19.9 Å². The zero-order chi connectivity index (χ0) is 14.0. The van der Waals surface area contributed by atoms with Gasteiger partial charge in [0.2, 0.25) is 0 Å². The Morgan fingerprint density at radius 2 is 2.21 bits per heavy atom. The number of aliphatic hydroxyl groups excluding tert-OH is 1. The van der Waals surface area contributed by atoms with Gasteiger partial charge in [-0.05, 0) is 30.5 Å². The molecule has 2 aromatic heterocycles. The summed E-state index contributed by atoms with van der Waals surface area (Å²) in [4.78, 5) is 4.09. The second kappa shape index (κ2) is 5.72. The molecule has 5 heteroatoms. The second-order valence-corrected chi connectivity index (χ2v) is 5.00. The van der Waals surface area contributed by atoms with E-state index in [1.165, 1.54) is 0 Å². The average molecular weight is 280 g/mol. The lowest BCUT2D eigenvalue weighted by molar-refractivity contribution is 0.174. The number of halogens is 1. The van der Waals surface area contributed by atoms with E-state index in [9.17, 15) is 5.11 Å². The Morgan fingerprint density at radius 3 is 2.79 bits per heavy atom. The van der Waals surface area contributed by atoms with E-state index in [2.05, 4.69) is 17.0 Å². The van der Waals surface area contributed by atoms with E-state index in [1.807, 2.05) is 20.0 Å². The molecule has 1 unspecified atom stereocenters. The minimum absolute atomic E-state index is 0.452. The van der Waals surface area contributed by atoms with Crippen molar-refractivity contribution in [3.05, 3.63) is 46.0 Å². The topological polar surface area (TPSA) is 50.9 Å². The largest absolute Gasteiger partial charge is 0.388 e. The summed E-state index contributed by atoms with van der Waals surface area (Å²) in [5.41, 5.74) is 3.61. The van der Waals surface area contributed by atoms with Gasteiger partial charge < -0.3 is 5.11 Å². The fourth-order valence-electron chi connectivity index (χ4n) is 2.25. The highest BCUT2D eigenvalue weighted by Crippen LogP contribution is 2.26. The number of nitrogens with zero attached hydrogens (tertiary/aromatic N) is 3. The molecule has 2 heterocycles. The monoisotopic (exact) mass is 279 g/mol. The first kappa shape index (κ1) is 14.0. The van der Waals surface area contributed by atoms with Gasteiger partial charge in [0.1, 0.15) is 0 Å². The molecule has 1 N–H and O–H groups in total. The smallest absolute Gasteiger partial charge is 0.0849 e. The highest BCUT2D eigenvalue weighted by molar-refractivity contribution is 6.31. The van der Waals surface area contributed by atoms with E-state index in [4.69, 9.17) is 11.6 Å². The van der Waals surface area contributed by atoms with Crippen LogP contribution >= 0.6 is 11.6 Å². The van der Waals surface area contributed by atoms with Gasteiger partial charge in [0.05, 0.1) is 22.5 Å². The van der Waals surface area contributed by atoms with Crippen LogP contribution in [0.5, 0.6) is 0 Å². The van der Waals surface area contributed by atoms with E-state index in [-0.39, 0.29) is 0 Å². The maximum atomic E-state index is 10.4. The molecule has 0 saturated heterocycles. The molecule has 102 valence electrons. The minimum atomic E-state index is -0.592. The van der Waals surface area contributed by atoms with E-state index in [0.29, 0.717) is 11.4 Å². The Labute approximate surface area is 118 Å². The third-order valence-corrected chi connectivity index (χ3v) is 3.82. The molecular formula is C14H18ClN3O. The quantitative estimate of drug-likeness (QED) is 0.936. The standard InChI is InChI=1S/C14H18ClN3O/c1-4-10-8-16-6-5-11(10)13(19)7-12-14(15)9(2)17-18(12)3/h5-6,8,13,19H,4,7H2,1-3H3. The van der Waals surface area contributed by atoms with E-state index < -0.39 is 6.10 Å². The van der Waals surface area contributed by atoms with Crippen LogP contribution < -0.4 is 0 Å². The molecule has 0 aromatic carbocycles. The van der Waals surface area contributed by atoms with Crippen molar-refractivity contribution in [3.63, 3.8) is 0 Å². The van der Waals surface area contributed by atoms with Gasteiger partial charge in [0.15, 0.2) is 0 Å². The van der Waals surface area contributed by atoms with Crippen LogP contribution in [0, 0.1) is 6.92 Å². The van der Waals surface area contributed by atoms with E-state index >= 15 is 0 Å². The van der Waals surface area contributed by atoms with Gasteiger partial charge >= 0.3 is 0 Å². The summed E-state index contributed by atoms with van der Waals surface area (Å²) in [6.07, 6.45) is 4.21. The third-order valence-electron chi connectivity index (χ3n) is 3.33. The third kappa shape index (κ3) is 2.80. The maximum Gasteiger partial charge on any atom is 0.0849 e. The van der Waals surface area contributed by atoms with Crippen molar-refractivity contribution in [1.82, 2.24) is 14.8 Å². The van der Waals surface area contributed by atoms with E-state index in [1.54, 1.807) is 17.1 Å². The van der Waals surface area contributed by atoms with E-state index in [0.717, 1.165) is 28.9 Å². The molecule has 2 rings (SSSR count). The second-order valence-electron chi connectivity index (χ2n) is 4.62. The normalized spacial score (nSPS) is 12.7. The molecule has 4 nitrogen and oxygen atoms in total. The van der Waals surface area contributed by atoms with Crippen LogP contribution in [0.4, 0.5) is 0 Å². The minimum Gasteiger partial charge on any atom is -0.388 e. The number of hydrogen-bond acceptors (Lipinski definition) is 3. The first-order valence-electron chi connectivity index (χ1n) is 6.33. The Morgan fingerprint density at radius 1 is 1.47 bits per heavy atom.